The maximum absolute atomic E-state index is 5.32. The fourth-order valence-corrected chi connectivity index (χ4v) is 0.423. The fourth-order valence-electron chi connectivity index (χ4n) is 0.132. The first-order valence-corrected chi connectivity index (χ1v) is 2.95. The summed E-state index contributed by atoms with van der Waals surface area (Å²) in [6, 6.07) is 0. The van der Waals surface area contributed by atoms with Gasteiger partial charge in [-0.15, -0.1) is 0 Å². The lowest BCUT2D eigenvalue weighted by atomic mass is 10.6. The molecule has 0 radical (unpaired) electrons. The molecule has 8 heavy (non-hydrogen) atoms. The van der Waals surface area contributed by atoms with Crippen LogP contribution in [0.1, 0.15) is 0 Å². The first-order chi connectivity index (χ1) is 3.55. The van der Waals surface area contributed by atoms with Gasteiger partial charge in [0.2, 0.25) is 0 Å². The van der Waals surface area contributed by atoms with Crippen molar-refractivity contribution in [3.63, 3.8) is 0 Å². The average molecular weight is 175 g/mol. The van der Waals surface area contributed by atoms with Gasteiger partial charge >= 0.3 is 0 Å². The van der Waals surface area contributed by atoms with Gasteiger partial charge in [0.1, 0.15) is 10.7 Å². The van der Waals surface area contributed by atoms with Crippen molar-refractivity contribution in [1.29, 1.82) is 0 Å². The molecule has 0 aliphatic rings. The van der Waals surface area contributed by atoms with Crippen molar-refractivity contribution in [3.8, 4) is 0 Å². The van der Waals surface area contributed by atoms with Gasteiger partial charge in [-0.05, 0) is 0 Å². The summed E-state index contributed by atoms with van der Waals surface area (Å²) in [7, 11) is 0. The Morgan fingerprint density at radius 3 is 1.75 bits per heavy atom. The molecule has 0 aliphatic heterocycles. The Bertz CT molecular complexity index is 105. The highest BCUT2D eigenvalue weighted by molar-refractivity contribution is 6.42. The van der Waals surface area contributed by atoms with Crippen molar-refractivity contribution in [1.82, 2.24) is 0 Å². The maximum atomic E-state index is 5.32. The molecule has 5 heteroatoms. The molecule has 0 spiro atoms. The number of hydrogen-bond donors (Lipinski definition) is 2. The van der Waals surface area contributed by atoms with Crippen LogP contribution in [-0.4, -0.2) is 5.50 Å². The molecular weight excluding hydrogens is 170 g/mol. The summed E-state index contributed by atoms with van der Waals surface area (Å²) in [6.45, 7) is 0. The van der Waals surface area contributed by atoms with Crippen molar-refractivity contribution in [2.45, 2.75) is 5.50 Å². The third-order valence-electron chi connectivity index (χ3n) is 0.470. The molecule has 0 fully saturated rings. The minimum atomic E-state index is -0.797. The smallest absolute Gasteiger partial charge is 0.119 e. The molecule has 0 amide bonds. The van der Waals surface area contributed by atoms with Gasteiger partial charge in [0.25, 0.3) is 0 Å². The lowest BCUT2D eigenvalue weighted by Crippen LogP contribution is -2.14. The Labute approximate surface area is 62.4 Å². The van der Waals surface area contributed by atoms with Crippen molar-refractivity contribution in [2.75, 3.05) is 0 Å². The van der Waals surface area contributed by atoms with E-state index >= 15 is 0 Å². The van der Waals surface area contributed by atoms with Gasteiger partial charge in [-0.1, -0.05) is 34.8 Å². The topological polar surface area (TPSA) is 52.0 Å². The summed E-state index contributed by atoms with van der Waals surface area (Å²) in [5, 5.41) is 0.0162. The zero-order chi connectivity index (χ0) is 6.73. The molecule has 4 N–H and O–H groups in total. The summed E-state index contributed by atoms with van der Waals surface area (Å²) in [5.74, 6) is 0. The van der Waals surface area contributed by atoms with E-state index in [1.807, 2.05) is 0 Å². The van der Waals surface area contributed by atoms with E-state index < -0.39 is 5.50 Å². The predicted molar refractivity (Wildman–Crippen MR) is 36.7 cm³/mol. The summed E-state index contributed by atoms with van der Waals surface area (Å²) >= 11 is 15.7. The molecule has 1 unspecified atom stereocenters. The second-order valence-corrected chi connectivity index (χ2v) is 2.38. The molecular formula is C3H5Cl3N2. The third kappa shape index (κ3) is 2.62. The molecule has 0 bridgehead atoms. The number of halogens is 3. The molecule has 2 nitrogen and oxygen atoms in total. The van der Waals surface area contributed by atoms with Crippen LogP contribution < -0.4 is 11.5 Å². The van der Waals surface area contributed by atoms with Crippen LogP contribution in [0, 0.1) is 0 Å². The Balaban J connectivity index is 4.00. The lowest BCUT2D eigenvalue weighted by Gasteiger charge is -1.98. The number of alkyl halides is 1. The third-order valence-corrected chi connectivity index (χ3v) is 1.54. The Kier molecular flexibility index (Phi) is 3.56. The Morgan fingerprint density at radius 2 is 1.75 bits per heavy atom. The van der Waals surface area contributed by atoms with Gasteiger partial charge in [-0.2, -0.15) is 0 Å². The number of hydrogen-bond acceptors (Lipinski definition) is 2. The molecule has 0 saturated heterocycles. The van der Waals surface area contributed by atoms with E-state index in [-0.39, 0.29) is 10.2 Å². The highest BCUT2D eigenvalue weighted by Crippen LogP contribution is 2.13. The monoisotopic (exact) mass is 174 g/mol. The molecule has 0 aromatic heterocycles. The van der Waals surface area contributed by atoms with Gasteiger partial charge in [0.05, 0.1) is 5.03 Å². The summed E-state index contributed by atoms with van der Waals surface area (Å²) in [5.41, 5.74) is 9.24. The van der Waals surface area contributed by atoms with Crippen molar-refractivity contribution in [2.24, 2.45) is 11.5 Å². The zero-order valence-corrected chi connectivity index (χ0v) is 6.13. The fraction of sp³-hybridized carbons (Fsp3) is 0.333. The van der Waals surface area contributed by atoms with E-state index in [0.29, 0.717) is 0 Å². The van der Waals surface area contributed by atoms with E-state index in [9.17, 15) is 0 Å². The van der Waals surface area contributed by atoms with Gasteiger partial charge in [0, 0.05) is 0 Å². The normalized spacial score (nSPS) is 17.5. The van der Waals surface area contributed by atoms with E-state index in [4.69, 9.17) is 46.3 Å². The minimum absolute atomic E-state index is 0.0610. The SMILES string of the molecule is NC(Cl)=C(Cl)C(N)Cl. The summed E-state index contributed by atoms with van der Waals surface area (Å²) in [4.78, 5) is 0. The first-order valence-electron chi connectivity index (χ1n) is 1.76. The van der Waals surface area contributed by atoms with Crippen molar-refractivity contribution in [3.05, 3.63) is 10.2 Å². The van der Waals surface area contributed by atoms with Crippen molar-refractivity contribution < 1.29 is 0 Å². The van der Waals surface area contributed by atoms with E-state index in [1.165, 1.54) is 0 Å². The van der Waals surface area contributed by atoms with Gasteiger partial charge in [0.15, 0.2) is 0 Å². The zero-order valence-electron chi connectivity index (χ0n) is 3.87. The predicted octanol–water partition coefficient (Wildman–Crippen LogP) is 1.12. The van der Waals surface area contributed by atoms with Gasteiger partial charge < -0.3 is 11.5 Å². The largest absolute Gasteiger partial charge is 0.388 e. The van der Waals surface area contributed by atoms with Crippen LogP contribution in [0.3, 0.4) is 0 Å². The van der Waals surface area contributed by atoms with E-state index in [2.05, 4.69) is 0 Å². The van der Waals surface area contributed by atoms with E-state index in [0.717, 1.165) is 0 Å². The number of rotatable bonds is 1. The molecule has 0 rings (SSSR count). The van der Waals surface area contributed by atoms with Crippen LogP contribution in [-0.2, 0) is 0 Å². The van der Waals surface area contributed by atoms with Gasteiger partial charge in [-0.25, -0.2) is 0 Å². The highest BCUT2D eigenvalue weighted by atomic mass is 35.5. The summed E-state index contributed by atoms with van der Waals surface area (Å²) in [6.07, 6.45) is 0. The Morgan fingerprint density at radius 1 is 1.38 bits per heavy atom. The van der Waals surface area contributed by atoms with Crippen LogP contribution in [0.15, 0.2) is 10.2 Å². The molecule has 48 valence electrons. The first kappa shape index (κ1) is 8.37. The number of nitrogens with two attached hydrogens (primary N) is 2. The lowest BCUT2D eigenvalue weighted by molar-refractivity contribution is 1.11. The van der Waals surface area contributed by atoms with Crippen LogP contribution >= 0.6 is 34.8 Å². The molecule has 1 atom stereocenters. The van der Waals surface area contributed by atoms with Crippen molar-refractivity contribution >= 4 is 34.8 Å². The maximum Gasteiger partial charge on any atom is 0.119 e. The highest BCUT2D eigenvalue weighted by Gasteiger charge is 2.03. The molecule has 0 heterocycles. The average Bonchev–Trinajstić information content (AvgIpc) is 1.64. The molecule has 0 aromatic rings. The quantitative estimate of drug-likeness (QED) is 0.463. The van der Waals surface area contributed by atoms with Crippen LogP contribution in [0.4, 0.5) is 0 Å². The second-order valence-electron chi connectivity index (χ2n) is 1.10. The minimum Gasteiger partial charge on any atom is -0.388 e. The van der Waals surface area contributed by atoms with E-state index in [1.54, 1.807) is 0 Å². The second kappa shape index (κ2) is 3.41. The standard InChI is InChI=1S/C3H5Cl3N2/c4-1(2(5)7)3(6)8/h2H,7-8H2. The Hall–Kier alpha value is 0.370. The summed E-state index contributed by atoms with van der Waals surface area (Å²) < 4.78 is 0. The molecule has 0 saturated carbocycles. The van der Waals surface area contributed by atoms with Gasteiger partial charge in [-0.3, -0.25) is 0 Å². The molecule has 0 aromatic carbocycles. The molecule has 0 aliphatic carbocycles. The van der Waals surface area contributed by atoms with Crippen LogP contribution in [0.2, 0.25) is 0 Å². The van der Waals surface area contributed by atoms with Crippen LogP contribution in [0.25, 0.3) is 0 Å². The van der Waals surface area contributed by atoms with Crippen LogP contribution in [0.5, 0.6) is 0 Å².